The van der Waals surface area contributed by atoms with Gasteiger partial charge in [0.1, 0.15) is 0 Å². The molecule has 0 amide bonds. The molecule has 0 aliphatic carbocycles. The fourth-order valence-corrected chi connectivity index (χ4v) is 3.10. The number of unbranched alkanes of at least 4 members (excludes halogenated alkanes) is 11. The van der Waals surface area contributed by atoms with Crippen molar-refractivity contribution in [2.45, 2.75) is 109 Å². The number of aliphatic carboxylic acids is 2. The van der Waals surface area contributed by atoms with Crippen LogP contribution in [0.3, 0.4) is 0 Å². The number of carbonyl (C=O) groups is 2. The van der Waals surface area contributed by atoms with Gasteiger partial charge in [0, 0.05) is 0 Å². The molecule has 5 nitrogen and oxygen atoms in total. The standard InChI is InChI=1S/C19H36O5/c1-2-3-4-5-6-7-8-9-10-11-12-13-14-19(24,15-17(20)21)16-18(22)23/h24H,2-16H2,1H3,(H,20,21)(H,22,23). The highest BCUT2D eigenvalue weighted by atomic mass is 16.4. The second-order valence-corrected chi connectivity index (χ2v) is 7.00. The molecule has 0 unspecified atom stereocenters. The Balaban J connectivity index is 3.61. The van der Waals surface area contributed by atoms with Crippen LogP contribution in [0.25, 0.3) is 0 Å². The van der Waals surface area contributed by atoms with Crippen LogP contribution >= 0.6 is 0 Å². The van der Waals surface area contributed by atoms with Crippen LogP contribution in [0.1, 0.15) is 103 Å². The minimum Gasteiger partial charge on any atom is -0.481 e. The Labute approximate surface area is 146 Å². The van der Waals surface area contributed by atoms with Crippen molar-refractivity contribution in [2.24, 2.45) is 0 Å². The summed E-state index contributed by atoms with van der Waals surface area (Å²) in [4.78, 5) is 21.5. The van der Waals surface area contributed by atoms with E-state index in [1.165, 1.54) is 51.4 Å². The largest absolute Gasteiger partial charge is 0.481 e. The molecule has 0 atom stereocenters. The molecule has 0 aromatic carbocycles. The van der Waals surface area contributed by atoms with Crippen molar-refractivity contribution in [2.75, 3.05) is 0 Å². The van der Waals surface area contributed by atoms with E-state index < -0.39 is 30.4 Å². The number of hydrogen-bond donors (Lipinski definition) is 3. The average Bonchev–Trinajstić information content (AvgIpc) is 2.46. The maximum absolute atomic E-state index is 10.8. The first-order valence-corrected chi connectivity index (χ1v) is 9.55. The van der Waals surface area contributed by atoms with Gasteiger partial charge in [0.05, 0.1) is 18.4 Å². The first-order valence-electron chi connectivity index (χ1n) is 9.55. The summed E-state index contributed by atoms with van der Waals surface area (Å²) < 4.78 is 0. The van der Waals surface area contributed by atoms with Crippen molar-refractivity contribution < 1.29 is 24.9 Å². The fourth-order valence-electron chi connectivity index (χ4n) is 3.10. The lowest BCUT2D eigenvalue weighted by Gasteiger charge is -2.24. The van der Waals surface area contributed by atoms with Gasteiger partial charge in [0.2, 0.25) is 0 Å². The van der Waals surface area contributed by atoms with Crippen molar-refractivity contribution in [3.8, 4) is 0 Å². The highest BCUT2D eigenvalue weighted by Gasteiger charge is 2.32. The number of hydrogen-bond acceptors (Lipinski definition) is 3. The molecule has 0 saturated carbocycles. The zero-order valence-corrected chi connectivity index (χ0v) is 15.3. The number of carboxylic acid groups (broad SMARTS) is 2. The summed E-state index contributed by atoms with van der Waals surface area (Å²) in [6.45, 7) is 2.23. The lowest BCUT2D eigenvalue weighted by atomic mass is 9.89. The first-order chi connectivity index (χ1) is 11.4. The molecule has 142 valence electrons. The van der Waals surface area contributed by atoms with Gasteiger partial charge in [-0.15, -0.1) is 0 Å². The van der Waals surface area contributed by atoms with Crippen LogP contribution in [0.5, 0.6) is 0 Å². The Morgan fingerprint density at radius 2 is 1.00 bits per heavy atom. The van der Waals surface area contributed by atoms with Gasteiger partial charge in [-0.3, -0.25) is 9.59 Å². The van der Waals surface area contributed by atoms with Crippen LogP contribution in [-0.4, -0.2) is 32.9 Å². The molecule has 0 radical (unpaired) electrons. The van der Waals surface area contributed by atoms with E-state index in [0.717, 1.165) is 19.3 Å². The van der Waals surface area contributed by atoms with E-state index in [1.807, 2.05) is 0 Å². The van der Waals surface area contributed by atoms with Gasteiger partial charge < -0.3 is 15.3 Å². The second kappa shape index (κ2) is 14.3. The van der Waals surface area contributed by atoms with Gasteiger partial charge in [-0.2, -0.15) is 0 Å². The van der Waals surface area contributed by atoms with E-state index in [-0.39, 0.29) is 6.42 Å². The third-order valence-corrected chi connectivity index (χ3v) is 4.46. The van der Waals surface area contributed by atoms with Crippen molar-refractivity contribution in [1.82, 2.24) is 0 Å². The van der Waals surface area contributed by atoms with Crippen LogP contribution < -0.4 is 0 Å². The summed E-state index contributed by atoms with van der Waals surface area (Å²) in [6, 6.07) is 0. The Morgan fingerprint density at radius 1 is 0.667 bits per heavy atom. The number of carboxylic acids is 2. The van der Waals surface area contributed by atoms with E-state index in [2.05, 4.69) is 6.92 Å². The van der Waals surface area contributed by atoms with E-state index in [9.17, 15) is 14.7 Å². The number of aliphatic hydroxyl groups is 1. The van der Waals surface area contributed by atoms with Gasteiger partial charge in [-0.1, -0.05) is 84.0 Å². The third kappa shape index (κ3) is 14.5. The van der Waals surface area contributed by atoms with E-state index in [1.54, 1.807) is 0 Å². The minimum absolute atomic E-state index is 0.239. The van der Waals surface area contributed by atoms with Crippen molar-refractivity contribution in [3.05, 3.63) is 0 Å². The molecule has 3 N–H and O–H groups in total. The summed E-state index contributed by atoms with van der Waals surface area (Å²) >= 11 is 0. The van der Waals surface area contributed by atoms with Crippen LogP contribution in [0.4, 0.5) is 0 Å². The van der Waals surface area contributed by atoms with Crippen molar-refractivity contribution in [1.29, 1.82) is 0 Å². The van der Waals surface area contributed by atoms with Crippen LogP contribution in [-0.2, 0) is 9.59 Å². The molecule has 5 heteroatoms. The highest BCUT2D eigenvalue weighted by Crippen LogP contribution is 2.24. The van der Waals surface area contributed by atoms with Gasteiger partial charge in [-0.05, 0) is 6.42 Å². The third-order valence-electron chi connectivity index (χ3n) is 4.46. The summed E-state index contributed by atoms with van der Waals surface area (Å²) in [5, 5.41) is 27.8. The zero-order chi connectivity index (χ0) is 18.3. The molecule has 0 bridgehead atoms. The first kappa shape index (κ1) is 22.9. The number of rotatable bonds is 17. The van der Waals surface area contributed by atoms with E-state index in [4.69, 9.17) is 10.2 Å². The minimum atomic E-state index is -1.61. The van der Waals surface area contributed by atoms with Crippen LogP contribution in [0.2, 0.25) is 0 Å². The molecule has 0 aliphatic rings. The van der Waals surface area contributed by atoms with Gasteiger partial charge in [0.15, 0.2) is 0 Å². The predicted octanol–water partition coefficient (Wildman–Crippen LogP) is 4.76. The van der Waals surface area contributed by atoms with Gasteiger partial charge in [0.25, 0.3) is 0 Å². The lowest BCUT2D eigenvalue weighted by Crippen LogP contribution is -2.34. The van der Waals surface area contributed by atoms with Crippen LogP contribution in [0.15, 0.2) is 0 Å². The molecule has 0 fully saturated rings. The monoisotopic (exact) mass is 344 g/mol. The summed E-state index contributed by atoms with van der Waals surface area (Å²) in [6.07, 6.45) is 13.5. The fraction of sp³-hybridized carbons (Fsp3) is 0.895. The molecular weight excluding hydrogens is 308 g/mol. The summed E-state index contributed by atoms with van der Waals surface area (Å²) in [5.41, 5.74) is -1.61. The molecule has 0 aromatic rings. The van der Waals surface area contributed by atoms with Crippen LogP contribution in [0, 0.1) is 0 Å². The van der Waals surface area contributed by atoms with Crippen molar-refractivity contribution >= 4 is 11.9 Å². The quantitative estimate of drug-likeness (QED) is 0.331. The molecule has 0 saturated heterocycles. The maximum atomic E-state index is 10.8. The topological polar surface area (TPSA) is 94.8 Å². The molecule has 0 aromatic heterocycles. The Morgan fingerprint density at radius 3 is 1.33 bits per heavy atom. The highest BCUT2D eigenvalue weighted by molar-refractivity contribution is 5.72. The maximum Gasteiger partial charge on any atom is 0.306 e. The molecule has 0 heterocycles. The smallest absolute Gasteiger partial charge is 0.306 e. The van der Waals surface area contributed by atoms with Gasteiger partial charge >= 0.3 is 11.9 Å². The molecule has 0 rings (SSSR count). The normalized spacial score (nSPS) is 11.6. The molecular formula is C19H36O5. The molecule has 0 spiro atoms. The summed E-state index contributed by atoms with van der Waals surface area (Å²) in [5.74, 6) is -2.31. The Bertz CT molecular complexity index is 325. The molecule has 24 heavy (non-hydrogen) atoms. The van der Waals surface area contributed by atoms with Crippen molar-refractivity contribution in [3.63, 3.8) is 0 Å². The Hall–Kier alpha value is -1.10. The Kier molecular flexibility index (Phi) is 13.6. The SMILES string of the molecule is CCCCCCCCCCCCCCC(O)(CC(=O)O)CC(=O)O. The lowest BCUT2D eigenvalue weighted by molar-refractivity contribution is -0.149. The zero-order valence-electron chi connectivity index (χ0n) is 15.3. The predicted molar refractivity (Wildman–Crippen MR) is 95.2 cm³/mol. The summed E-state index contributed by atoms with van der Waals surface area (Å²) in [7, 11) is 0. The average molecular weight is 344 g/mol. The molecule has 0 aliphatic heterocycles. The van der Waals surface area contributed by atoms with Gasteiger partial charge in [-0.25, -0.2) is 0 Å². The van der Waals surface area contributed by atoms with E-state index in [0.29, 0.717) is 6.42 Å². The van der Waals surface area contributed by atoms with E-state index >= 15 is 0 Å². The second-order valence-electron chi connectivity index (χ2n) is 7.00.